The minimum absolute atomic E-state index is 0.483. The Kier molecular flexibility index (Phi) is 6.07. The normalized spacial score (nSPS) is 10.7. The number of alkyl halides is 3. The maximum Gasteiger partial charge on any atom is 0.490 e. The second-order valence-electron chi connectivity index (χ2n) is 4.47. The van der Waals surface area contributed by atoms with Gasteiger partial charge in [-0.2, -0.15) is 13.2 Å². The Bertz CT molecular complexity index is 854. The van der Waals surface area contributed by atoms with Crippen molar-refractivity contribution in [2.75, 3.05) is 0 Å². The number of hydrogen-bond acceptors (Lipinski definition) is 5. The summed E-state index contributed by atoms with van der Waals surface area (Å²) in [5, 5.41) is 15.2. The quantitative estimate of drug-likeness (QED) is 0.578. The van der Waals surface area contributed by atoms with Gasteiger partial charge in [-0.3, -0.25) is 4.98 Å². The molecule has 0 amide bonds. The standard InChI is InChI=1S/C13H8IN3O.C2HF3O2/c14-11-5-1-3-9(7-11)12-16-17-13(18-12)10-4-2-6-15-8-10;3-2(4,5)1(6)7/h1-8H;(H,6,7). The van der Waals surface area contributed by atoms with E-state index in [1.807, 2.05) is 36.4 Å². The lowest BCUT2D eigenvalue weighted by Gasteiger charge is -1.95. The van der Waals surface area contributed by atoms with Crippen LogP contribution in [0.2, 0.25) is 0 Å². The molecule has 0 radical (unpaired) electrons. The maximum absolute atomic E-state index is 10.6. The van der Waals surface area contributed by atoms with Gasteiger partial charge in [-0.25, -0.2) is 4.79 Å². The Hall–Kier alpha value is -2.50. The molecule has 0 atom stereocenters. The molecule has 0 fully saturated rings. The van der Waals surface area contributed by atoms with E-state index in [4.69, 9.17) is 14.3 Å². The summed E-state index contributed by atoms with van der Waals surface area (Å²) in [5.74, 6) is -1.75. The maximum atomic E-state index is 10.6. The van der Waals surface area contributed by atoms with E-state index >= 15 is 0 Å². The number of pyridine rings is 1. The lowest BCUT2D eigenvalue weighted by Crippen LogP contribution is -2.21. The number of rotatable bonds is 2. The molecule has 1 N–H and O–H groups in total. The van der Waals surface area contributed by atoms with Crippen LogP contribution in [0, 0.1) is 3.57 Å². The summed E-state index contributed by atoms with van der Waals surface area (Å²) in [5.41, 5.74) is 1.74. The van der Waals surface area contributed by atoms with E-state index < -0.39 is 12.1 Å². The molecule has 3 rings (SSSR count). The van der Waals surface area contributed by atoms with Gasteiger partial charge in [-0.15, -0.1) is 10.2 Å². The van der Waals surface area contributed by atoms with Gasteiger partial charge < -0.3 is 9.52 Å². The molecule has 0 bridgehead atoms. The Morgan fingerprint density at radius 2 is 1.68 bits per heavy atom. The molecule has 0 spiro atoms. The zero-order valence-electron chi connectivity index (χ0n) is 12.2. The number of hydrogen-bond donors (Lipinski definition) is 1. The number of nitrogens with zero attached hydrogens (tertiary/aromatic N) is 3. The average molecular weight is 463 g/mol. The van der Waals surface area contributed by atoms with E-state index in [0.717, 1.165) is 14.7 Å². The number of aromatic nitrogens is 3. The smallest absolute Gasteiger partial charge is 0.475 e. The molecule has 6 nitrogen and oxygen atoms in total. The van der Waals surface area contributed by atoms with Crippen molar-refractivity contribution in [3.05, 3.63) is 52.4 Å². The van der Waals surface area contributed by atoms with Crippen LogP contribution in [0.5, 0.6) is 0 Å². The SMILES string of the molecule is Ic1cccc(-c2nnc(-c3cccnc3)o2)c1.O=C(O)C(F)(F)F. The van der Waals surface area contributed by atoms with Crippen molar-refractivity contribution in [3.8, 4) is 22.9 Å². The molecular formula is C15H9F3IN3O3. The fourth-order valence-corrected chi connectivity index (χ4v) is 2.11. The molecule has 0 unspecified atom stereocenters. The highest BCUT2D eigenvalue weighted by Gasteiger charge is 2.38. The number of benzene rings is 1. The molecule has 25 heavy (non-hydrogen) atoms. The van der Waals surface area contributed by atoms with Gasteiger partial charge in [0.2, 0.25) is 11.8 Å². The molecule has 10 heteroatoms. The fourth-order valence-electron chi connectivity index (χ4n) is 1.57. The summed E-state index contributed by atoms with van der Waals surface area (Å²) in [7, 11) is 0. The number of halogens is 4. The molecule has 3 aromatic rings. The second kappa shape index (κ2) is 8.05. The monoisotopic (exact) mass is 463 g/mol. The van der Waals surface area contributed by atoms with E-state index in [-0.39, 0.29) is 0 Å². The predicted molar refractivity (Wildman–Crippen MR) is 89.4 cm³/mol. The molecule has 2 aromatic heterocycles. The van der Waals surface area contributed by atoms with Gasteiger partial charge in [0.25, 0.3) is 0 Å². The van der Waals surface area contributed by atoms with Crippen LogP contribution < -0.4 is 0 Å². The summed E-state index contributed by atoms with van der Waals surface area (Å²) in [6.45, 7) is 0. The van der Waals surface area contributed by atoms with Crippen LogP contribution in [0.4, 0.5) is 13.2 Å². The van der Waals surface area contributed by atoms with Crippen LogP contribution in [-0.2, 0) is 4.79 Å². The van der Waals surface area contributed by atoms with Crippen LogP contribution in [-0.4, -0.2) is 32.4 Å². The first-order chi connectivity index (χ1) is 11.8. The largest absolute Gasteiger partial charge is 0.490 e. The lowest BCUT2D eigenvalue weighted by molar-refractivity contribution is -0.192. The molecule has 0 saturated heterocycles. The second-order valence-corrected chi connectivity index (χ2v) is 5.71. The van der Waals surface area contributed by atoms with Gasteiger partial charge >= 0.3 is 12.1 Å². The van der Waals surface area contributed by atoms with Crippen LogP contribution in [0.15, 0.2) is 53.2 Å². The molecule has 0 aliphatic carbocycles. The van der Waals surface area contributed by atoms with Gasteiger partial charge in [-0.05, 0) is 52.9 Å². The zero-order chi connectivity index (χ0) is 18.4. The topological polar surface area (TPSA) is 89.1 Å². The van der Waals surface area contributed by atoms with Crippen molar-refractivity contribution in [2.45, 2.75) is 6.18 Å². The average Bonchev–Trinajstić information content (AvgIpc) is 3.05. The van der Waals surface area contributed by atoms with Crippen molar-refractivity contribution in [2.24, 2.45) is 0 Å². The van der Waals surface area contributed by atoms with Crippen LogP contribution in [0.3, 0.4) is 0 Å². The van der Waals surface area contributed by atoms with E-state index in [0.29, 0.717) is 11.8 Å². The highest BCUT2D eigenvalue weighted by atomic mass is 127. The van der Waals surface area contributed by atoms with Crippen molar-refractivity contribution in [1.82, 2.24) is 15.2 Å². The van der Waals surface area contributed by atoms with Gasteiger partial charge in [0.15, 0.2) is 0 Å². The summed E-state index contributed by atoms with van der Waals surface area (Å²) in [4.78, 5) is 12.9. The summed E-state index contributed by atoms with van der Waals surface area (Å²) in [6.07, 6.45) is -1.67. The van der Waals surface area contributed by atoms with Gasteiger partial charge in [0.1, 0.15) is 0 Å². The Labute approximate surface area is 152 Å². The molecule has 0 aliphatic rings. The highest BCUT2D eigenvalue weighted by Crippen LogP contribution is 2.24. The van der Waals surface area contributed by atoms with Crippen molar-refractivity contribution in [3.63, 3.8) is 0 Å². The third-order valence-electron chi connectivity index (χ3n) is 2.65. The van der Waals surface area contributed by atoms with Crippen molar-refractivity contribution < 1.29 is 27.5 Å². The van der Waals surface area contributed by atoms with Gasteiger partial charge in [0, 0.05) is 21.5 Å². The molecule has 0 saturated carbocycles. The summed E-state index contributed by atoms with van der Waals surface area (Å²) < 4.78 is 38.5. The minimum atomic E-state index is -5.08. The van der Waals surface area contributed by atoms with Gasteiger partial charge in [-0.1, -0.05) is 6.07 Å². The zero-order valence-corrected chi connectivity index (χ0v) is 14.4. The van der Waals surface area contributed by atoms with Crippen LogP contribution in [0.25, 0.3) is 22.9 Å². The number of carboxylic acids is 1. The van der Waals surface area contributed by atoms with E-state index in [2.05, 4.69) is 37.8 Å². The lowest BCUT2D eigenvalue weighted by atomic mass is 10.2. The molecule has 130 valence electrons. The number of carboxylic acid groups (broad SMARTS) is 1. The number of carbonyl (C=O) groups is 1. The predicted octanol–water partition coefficient (Wildman–Crippen LogP) is 4.04. The first-order valence-electron chi connectivity index (χ1n) is 6.57. The van der Waals surface area contributed by atoms with Crippen LogP contribution >= 0.6 is 22.6 Å². The van der Waals surface area contributed by atoms with Crippen molar-refractivity contribution >= 4 is 28.6 Å². The Balaban J connectivity index is 0.000000277. The first-order valence-corrected chi connectivity index (χ1v) is 7.65. The highest BCUT2D eigenvalue weighted by molar-refractivity contribution is 14.1. The molecule has 1 aromatic carbocycles. The third-order valence-corrected chi connectivity index (χ3v) is 3.32. The van der Waals surface area contributed by atoms with Gasteiger partial charge in [0.05, 0.1) is 5.56 Å². The molecule has 2 heterocycles. The third kappa shape index (κ3) is 5.52. The molecular weight excluding hydrogens is 454 g/mol. The van der Waals surface area contributed by atoms with Crippen LogP contribution in [0.1, 0.15) is 0 Å². The number of aliphatic carboxylic acids is 1. The summed E-state index contributed by atoms with van der Waals surface area (Å²) >= 11 is 2.25. The van der Waals surface area contributed by atoms with E-state index in [1.54, 1.807) is 12.4 Å². The molecule has 0 aliphatic heterocycles. The Morgan fingerprint density at radius 1 is 1.08 bits per heavy atom. The van der Waals surface area contributed by atoms with E-state index in [9.17, 15) is 13.2 Å². The Morgan fingerprint density at radius 3 is 2.20 bits per heavy atom. The fraction of sp³-hybridized carbons (Fsp3) is 0.0667. The minimum Gasteiger partial charge on any atom is -0.475 e. The van der Waals surface area contributed by atoms with E-state index in [1.165, 1.54) is 0 Å². The summed E-state index contributed by atoms with van der Waals surface area (Å²) in [6, 6.07) is 11.7. The van der Waals surface area contributed by atoms with Crippen molar-refractivity contribution in [1.29, 1.82) is 0 Å². The first kappa shape index (κ1) is 18.8.